The van der Waals surface area contributed by atoms with Gasteiger partial charge < -0.3 is 15.4 Å². The highest BCUT2D eigenvalue weighted by molar-refractivity contribution is 7.09. The summed E-state index contributed by atoms with van der Waals surface area (Å²) in [5, 5.41) is 10.2. The number of aryl methyl sites for hydroxylation is 1. The van der Waals surface area contributed by atoms with Crippen LogP contribution in [-0.2, 0) is 11.8 Å². The zero-order chi connectivity index (χ0) is 19.1. The highest BCUT2D eigenvalue weighted by Gasteiger charge is 2.36. The van der Waals surface area contributed by atoms with Crippen LogP contribution >= 0.6 is 11.3 Å². The van der Waals surface area contributed by atoms with Gasteiger partial charge in [-0.25, -0.2) is 4.98 Å². The summed E-state index contributed by atoms with van der Waals surface area (Å²) in [7, 11) is 3.56. The molecule has 0 aliphatic heterocycles. The summed E-state index contributed by atoms with van der Waals surface area (Å²) < 4.78 is 5.44. The van der Waals surface area contributed by atoms with Gasteiger partial charge in [-0.05, 0) is 37.5 Å². The highest BCUT2D eigenvalue weighted by atomic mass is 32.1. The van der Waals surface area contributed by atoms with Gasteiger partial charge in [0.1, 0.15) is 5.75 Å². The Morgan fingerprint density at radius 2 is 2.11 bits per heavy atom. The van der Waals surface area contributed by atoms with Crippen LogP contribution in [0.1, 0.15) is 41.9 Å². The SMILES string of the molecule is CN=C(NCCc1csc(C)n1)NCC1(c2cccc(OC)c2)CCCC1. The van der Waals surface area contributed by atoms with Gasteiger partial charge in [0.05, 0.1) is 17.8 Å². The second-order valence-corrected chi connectivity index (χ2v) is 8.24. The molecule has 5 nitrogen and oxygen atoms in total. The van der Waals surface area contributed by atoms with Crippen molar-refractivity contribution in [3.05, 3.63) is 45.9 Å². The van der Waals surface area contributed by atoms with Crippen molar-refractivity contribution in [2.75, 3.05) is 27.2 Å². The number of nitrogens with one attached hydrogen (secondary N) is 2. The smallest absolute Gasteiger partial charge is 0.191 e. The fraction of sp³-hybridized carbons (Fsp3) is 0.524. The lowest BCUT2D eigenvalue weighted by Crippen LogP contribution is -2.45. The van der Waals surface area contributed by atoms with Gasteiger partial charge in [0, 0.05) is 37.4 Å². The molecule has 0 atom stereocenters. The first-order valence-electron chi connectivity index (χ1n) is 9.65. The normalized spacial score (nSPS) is 16.3. The molecule has 0 amide bonds. The molecular formula is C21H30N4OS. The van der Waals surface area contributed by atoms with E-state index in [4.69, 9.17) is 4.74 Å². The summed E-state index contributed by atoms with van der Waals surface area (Å²) in [4.78, 5) is 8.91. The van der Waals surface area contributed by atoms with E-state index in [1.807, 2.05) is 20.0 Å². The lowest BCUT2D eigenvalue weighted by molar-refractivity contribution is 0.404. The molecule has 1 aliphatic rings. The van der Waals surface area contributed by atoms with E-state index < -0.39 is 0 Å². The number of aliphatic imine (C=N–C) groups is 1. The summed E-state index contributed by atoms with van der Waals surface area (Å²) in [6.45, 7) is 3.76. The number of aromatic nitrogens is 1. The lowest BCUT2D eigenvalue weighted by atomic mass is 9.78. The van der Waals surface area contributed by atoms with Crippen molar-refractivity contribution >= 4 is 17.3 Å². The van der Waals surface area contributed by atoms with Crippen LogP contribution in [0.15, 0.2) is 34.6 Å². The van der Waals surface area contributed by atoms with E-state index in [-0.39, 0.29) is 5.41 Å². The number of hydrogen-bond acceptors (Lipinski definition) is 4. The van der Waals surface area contributed by atoms with E-state index in [9.17, 15) is 0 Å². The number of hydrogen-bond donors (Lipinski definition) is 2. The molecule has 146 valence electrons. The number of guanidine groups is 1. The minimum atomic E-state index is 0.151. The van der Waals surface area contributed by atoms with Gasteiger partial charge in [0.15, 0.2) is 5.96 Å². The van der Waals surface area contributed by atoms with Gasteiger partial charge in [-0.1, -0.05) is 25.0 Å². The molecule has 1 fully saturated rings. The number of nitrogens with zero attached hydrogens (tertiary/aromatic N) is 2. The number of thiazole rings is 1. The van der Waals surface area contributed by atoms with Crippen LogP contribution in [0, 0.1) is 6.92 Å². The molecular weight excluding hydrogens is 356 g/mol. The maximum atomic E-state index is 5.44. The van der Waals surface area contributed by atoms with Crippen LogP contribution in [0.2, 0.25) is 0 Å². The van der Waals surface area contributed by atoms with E-state index in [1.54, 1.807) is 18.4 Å². The maximum absolute atomic E-state index is 5.44. The van der Waals surface area contributed by atoms with Crippen LogP contribution in [0.3, 0.4) is 0 Å². The molecule has 0 unspecified atom stereocenters. The van der Waals surface area contributed by atoms with Gasteiger partial charge in [-0.3, -0.25) is 4.99 Å². The Kier molecular flexibility index (Phi) is 6.72. The van der Waals surface area contributed by atoms with E-state index in [1.165, 1.54) is 31.2 Å². The summed E-state index contributed by atoms with van der Waals surface area (Å²) in [6.07, 6.45) is 5.85. The van der Waals surface area contributed by atoms with Gasteiger partial charge in [-0.15, -0.1) is 11.3 Å². The first-order valence-corrected chi connectivity index (χ1v) is 10.5. The fourth-order valence-electron chi connectivity index (χ4n) is 3.88. The van der Waals surface area contributed by atoms with Gasteiger partial charge in [0.25, 0.3) is 0 Å². The van der Waals surface area contributed by atoms with Crippen LogP contribution in [0.4, 0.5) is 0 Å². The third kappa shape index (κ3) is 5.01. The van der Waals surface area contributed by atoms with Crippen molar-refractivity contribution in [2.24, 2.45) is 4.99 Å². The first kappa shape index (κ1) is 19.7. The molecule has 3 rings (SSSR count). The Hall–Kier alpha value is -2.08. The molecule has 2 N–H and O–H groups in total. The molecule has 0 spiro atoms. The molecule has 2 aromatic rings. The predicted molar refractivity (Wildman–Crippen MR) is 113 cm³/mol. The molecule has 1 saturated carbocycles. The van der Waals surface area contributed by atoms with Crippen molar-refractivity contribution in [2.45, 2.75) is 44.4 Å². The van der Waals surface area contributed by atoms with Crippen LogP contribution in [0.5, 0.6) is 5.75 Å². The second kappa shape index (κ2) is 9.22. The third-order valence-corrected chi connectivity index (χ3v) is 6.22. The highest BCUT2D eigenvalue weighted by Crippen LogP contribution is 2.41. The first-order chi connectivity index (χ1) is 13.1. The second-order valence-electron chi connectivity index (χ2n) is 7.18. The predicted octanol–water partition coefficient (Wildman–Crippen LogP) is 3.68. The van der Waals surface area contributed by atoms with E-state index >= 15 is 0 Å². The molecule has 0 radical (unpaired) electrons. The van der Waals surface area contributed by atoms with Gasteiger partial charge in [0.2, 0.25) is 0 Å². The minimum absolute atomic E-state index is 0.151. The monoisotopic (exact) mass is 386 g/mol. The van der Waals surface area contributed by atoms with Crippen molar-refractivity contribution in [3.8, 4) is 5.75 Å². The van der Waals surface area contributed by atoms with E-state index in [0.29, 0.717) is 0 Å². The Bertz CT molecular complexity index is 765. The molecule has 0 bridgehead atoms. The van der Waals surface area contributed by atoms with Crippen molar-refractivity contribution < 1.29 is 4.74 Å². The molecule has 0 saturated heterocycles. The standard InChI is InChI=1S/C21H30N4OS/c1-16-25-18(14-27-16)9-12-23-20(22-2)24-15-21(10-4-5-11-21)17-7-6-8-19(13-17)26-3/h6-8,13-14H,4-5,9-12,15H2,1-3H3,(H2,22,23,24). The van der Waals surface area contributed by atoms with Crippen LogP contribution < -0.4 is 15.4 Å². The molecule has 1 aromatic carbocycles. The summed E-state index contributed by atoms with van der Waals surface area (Å²) in [6, 6.07) is 8.53. The Balaban J connectivity index is 1.59. The van der Waals surface area contributed by atoms with Crippen molar-refractivity contribution in [1.82, 2.24) is 15.6 Å². The topological polar surface area (TPSA) is 58.5 Å². The molecule has 1 aromatic heterocycles. The summed E-state index contributed by atoms with van der Waals surface area (Å²) in [5.74, 6) is 1.79. The average molecular weight is 387 g/mol. The number of rotatable bonds is 7. The van der Waals surface area contributed by atoms with E-state index in [0.717, 1.165) is 41.9 Å². The maximum Gasteiger partial charge on any atom is 0.191 e. The van der Waals surface area contributed by atoms with Gasteiger partial charge >= 0.3 is 0 Å². The largest absolute Gasteiger partial charge is 0.497 e. The van der Waals surface area contributed by atoms with Gasteiger partial charge in [-0.2, -0.15) is 0 Å². The summed E-state index contributed by atoms with van der Waals surface area (Å²) in [5.41, 5.74) is 2.66. The van der Waals surface area contributed by atoms with Crippen LogP contribution in [-0.4, -0.2) is 38.2 Å². The minimum Gasteiger partial charge on any atom is -0.497 e. The number of benzene rings is 1. The Labute approximate surface area is 166 Å². The quantitative estimate of drug-likeness (QED) is 0.563. The average Bonchev–Trinajstić information content (AvgIpc) is 3.34. The Morgan fingerprint density at radius 3 is 2.78 bits per heavy atom. The molecule has 27 heavy (non-hydrogen) atoms. The third-order valence-electron chi connectivity index (χ3n) is 5.40. The van der Waals surface area contributed by atoms with Crippen LogP contribution in [0.25, 0.3) is 0 Å². The Morgan fingerprint density at radius 1 is 1.30 bits per heavy atom. The fourth-order valence-corrected chi connectivity index (χ4v) is 4.52. The van der Waals surface area contributed by atoms with E-state index in [2.05, 4.69) is 44.2 Å². The lowest BCUT2D eigenvalue weighted by Gasteiger charge is -2.31. The molecule has 1 aliphatic carbocycles. The van der Waals surface area contributed by atoms with Crippen molar-refractivity contribution in [1.29, 1.82) is 0 Å². The zero-order valence-electron chi connectivity index (χ0n) is 16.5. The molecule has 6 heteroatoms. The zero-order valence-corrected chi connectivity index (χ0v) is 17.4. The number of ether oxygens (including phenoxy) is 1. The van der Waals surface area contributed by atoms with Crippen molar-refractivity contribution in [3.63, 3.8) is 0 Å². The molecule has 1 heterocycles. The summed E-state index contributed by atoms with van der Waals surface area (Å²) >= 11 is 1.70. The number of methoxy groups -OCH3 is 1.